The van der Waals surface area contributed by atoms with Crippen LogP contribution in [0.3, 0.4) is 0 Å². The molecule has 0 saturated heterocycles. The number of benzene rings is 2. The highest BCUT2D eigenvalue weighted by atomic mass is 32.2. The van der Waals surface area contributed by atoms with Crippen molar-refractivity contribution in [3.05, 3.63) is 59.7 Å². The lowest BCUT2D eigenvalue weighted by Gasteiger charge is -2.19. The lowest BCUT2D eigenvalue weighted by molar-refractivity contribution is 0.0523. The van der Waals surface area contributed by atoms with Crippen LogP contribution < -0.4 is 5.32 Å². The van der Waals surface area contributed by atoms with E-state index in [1.165, 1.54) is 20.9 Å². The Balaban J connectivity index is 1.73. The van der Waals surface area contributed by atoms with E-state index in [0.29, 0.717) is 6.54 Å². The molecule has 0 radical (unpaired) electrons. The smallest absolute Gasteiger partial charge is 0.408 e. The number of hydrogen-bond donors (Lipinski definition) is 1. The Morgan fingerprint density at radius 2 is 1.93 bits per heavy atom. The lowest BCUT2D eigenvalue weighted by Crippen LogP contribution is -2.32. The van der Waals surface area contributed by atoms with E-state index in [4.69, 9.17) is 4.74 Å². The Morgan fingerprint density at radius 1 is 1.17 bits per heavy atom. The summed E-state index contributed by atoms with van der Waals surface area (Å²) in [5.74, 6) is 0. The molecule has 0 unspecified atom stereocenters. The van der Waals surface area contributed by atoms with E-state index in [1.807, 2.05) is 33.0 Å². The largest absolute Gasteiger partial charge is 0.444 e. The van der Waals surface area contributed by atoms with E-state index in [2.05, 4.69) is 59.0 Å². The first-order valence-corrected chi connectivity index (χ1v) is 12.0. The van der Waals surface area contributed by atoms with Crippen LogP contribution in [0.15, 0.2) is 68.7 Å². The molecule has 2 aromatic carbocycles. The summed E-state index contributed by atoms with van der Waals surface area (Å²) in [6, 6.07) is 16.9. The quantitative estimate of drug-likeness (QED) is 0.428. The van der Waals surface area contributed by atoms with E-state index in [1.54, 1.807) is 34.9 Å². The van der Waals surface area contributed by atoms with Gasteiger partial charge in [-0.2, -0.15) is 0 Å². The molecule has 0 saturated carbocycles. The second-order valence-corrected chi connectivity index (χ2v) is 10.6. The van der Waals surface area contributed by atoms with E-state index in [-0.39, 0.29) is 0 Å². The zero-order chi connectivity index (χ0) is 20.9. The average Bonchev–Trinajstić information content (AvgIpc) is 3.13. The van der Waals surface area contributed by atoms with Crippen LogP contribution in [-0.2, 0) is 11.3 Å². The van der Waals surface area contributed by atoms with Crippen LogP contribution in [0, 0.1) is 0 Å². The van der Waals surface area contributed by atoms with Crippen molar-refractivity contribution in [1.29, 1.82) is 0 Å². The number of rotatable bonds is 6. The molecule has 1 aromatic heterocycles. The molecular weight excluding hydrogens is 420 g/mol. The number of amides is 1. The van der Waals surface area contributed by atoms with Gasteiger partial charge in [0.05, 0.1) is 17.0 Å². The summed E-state index contributed by atoms with van der Waals surface area (Å²) in [5, 5.41) is 3.61. The summed E-state index contributed by atoms with van der Waals surface area (Å²) in [5.41, 5.74) is 1.89. The van der Waals surface area contributed by atoms with E-state index >= 15 is 0 Å². The van der Waals surface area contributed by atoms with Crippen LogP contribution >= 0.6 is 34.9 Å². The molecule has 0 fully saturated rings. The standard InChI is InChI=1S/C22H24N2O2S3/c1-22(2,3)26-21(25)24-13-19-23-14-20(29-19)28-18-12-16(27-4)10-11-17(18)15-8-6-5-7-9-15/h5-12,14H,13H2,1-4H3,(H,24,25). The molecule has 1 N–H and O–H groups in total. The minimum absolute atomic E-state index is 0.358. The number of ether oxygens (including phenoxy) is 1. The van der Waals surface area contributed by atoms with Crippen molar-refractivity contribution < 1.29 is 9.53 Å². The fourth-order valence-corrected chi connectivity index (χ4v) is 5.19. The molecule has 7 heteroatoms. The van der Waals surface area contributed by atoms with Gasteiger partial charge in [0.15, 0.2) is 0 Å². The third-order valence-corrected chi connectivity index (χ3v) is 6.68. The summed E-state index contributed by atoms with van der Waals surface area (Å²) in [6.07, 6.45) is 3.52. The first-order chi connectivity index (χ1) is 13.8. The Labute approximate surface area is 184 Å². The summed E-state index contributed by atoms with van der Waals surface area (Å²) in [6.45, 7) is 5.89. The van der Waals surface area contributed by atoms with Crippen molar-refractivity contribution in [3.8, 4) is 11.1 Å². The fraction of sp³-hybridized carbons (Fsp3) is 0.273. The number of thiazole rings is 1. The number of thioether (sulfide) groups is 1. The molecule has 29 heavy (non-hydrogen) atoms. The van der Waals surface area contributed by atoms with Crippen LogP contribution in [0.25, 0.3) is 11.1 Å². The maximum absolute atomic E-state index is 11.8. The maximum atomic E-state index is 11.8. The highest BCUT2D eigenvalue weighted by molar-refractivity contribution is 8.01. The SMILES string of the molecule is CSc1ccc(-c2ccccc2)c(Sc2cnc(CNC(=O)OC(C)(C)C)s2)c1. The summed E-state index contributed by atoms with van der Waals surface area (Å²) >= 11 is 5.01. The first kappa shape index (κ1) is 21.7. The number of aromatic nitrogens is 1. The van der Waals surface area contributed by atoms with Crippen LogP contribution in [-0.4, -0.2) is 22.9 Å². The third kappa shape index (κ3) is 6.52. The van der Waals surface area contributed by atoms with E-state index in [9.17, 15) is 4.79 Å². The maximum Gasteiger partial charge on any atom is 0.408 e. The predicted molar refractivity (Wildman–Crippen MR) is 123 cm³/mol. The number of alkyl carbamates (subject to hydrolysis) is 1. The number of carbonyl (C=O) groups excluding carboxylic acids is 1. The number of carbonyl (C=O) groups is 1. The molecule has 3 aromatic rings. The predicted octanol–water partition coefficient (Wildman–Crippen LogP) is 6.71. The van der Waals surface area contributed by atoms with Gasteiger partial charge in [-0.15, -0.1) is 23.1 Å². The summed E-state index contributed by atoms with van der Waals surface area (Å²) in [7, 11) is 0. The molecule has 0 aliphatic carbocycles. The molecule has 0 aliphatic rings. The van der Waals surface area contributed by atoms with Gasteiger partial charge in [-0.05, 0) is 50.3 Å². The van der Waals surface area contributed by atoms with E-state index in [0.717, 1.165) is 9.22 Å². The minimum atomic E-state index is -0.510. The highest BCUT2D eigenvalue weighted by Crippen LogP contribution is 2.40. The van der Waals surface area contributed by atoms with Crippen LogP contribution in [0.5, 0.6) is 0 Å². The Kier molecular flexibility index (Phi) is 7.27. The minimum Gasteiger partial charge on any atom is -0.444 e. The number of hydrogen-bond acceptors (Lipinski definition) is 6. The molecule has 0 aliphatic heterocycles. The number of nitrogens with zero attached hydrogens (tertiary/aromatic N) is 1. The van der Waals surface area contributed by atoms with Crippen molar-refractivity contribution >= 4 is 41.0 Å². The molecule has 152 valence electrons. The summed E-state index contributed by atoms with van der Waals surface area (Å²) in [4.78, 5) is 18.7. The normalized spacial score (nSPS) is 11.3. The highest BCUT2D eigenvalue weighted by Gasteiger charge is 2.16. The van der Waals surface area contributed by atoms with Gasteiger partial charge in [-0.1, -0.05) is 48.2 Å². The van der Waals surface area contributed by atoms with Gasteiger partial charge in [0.25, 0.3) is 0 Å². The average molecular weight is 445 g/mol. The van der Waals surface area contributed by atoms with Gasteiger partial charge in [-0.3, -0.25) is 0 Å². The van der Waals surface area contributed by atoms with Gasteiger partial charge in [0, 0.05) is 9.79 Å². The van der Waals surface area contributed by atoms with Crippen molar-refractivity contribution in [3.63, 3.8) is 0 Å². The van der Waals surface area contributed by atoms with Crippen molar-refractivity contribution in [2.24, 2.45) is 0 Å². The molecule has 4 nitrogen and oxygen atoms in total. The summed E-state index contributed by atoms with van der Waals surface area (Å²) < 4.78 is 6.36. The Morgan fingerprint density at radius 3 is 2.62 bits per heavy atom. The van der Waals surface area contributed by atoms with Gasteiger partial charge in [0.1, 0.15) is 10.6 Å². The molecule has 3 rings (SSSR count). The Bertz CT molecular complexity index is 966. The Hall–Kier alpha value is -1.96. The van der Waals surface area contributed by atoms with Crippen molar-refractivity contribution in [2.75, 3.05) is 6.26 Å². The van der Waals surface area contributed by atoms with Gasteiger partial charge >= 0.3 is 6.09 Å². The molecule has 1 heterocycles. The third-order valence-electron chi connectivity index (χ3n) is 3.80. The first-order valence-electron chi connectivity index (χ1n) is 9.17. The molecule has 0 atom stereocenters. The van der Waals surface area contributed by atoms with Gasteiger partial charge < -0.3 is 10.1 Å². The molecular formula is C22H24N2O2S3. The lowest BCUT2D eigenvalue weighted by atomic mass is 10.1. The monoisotopic (exact) mass is 444 g/mol. The molecule has 0 bridgehead atoms. The molecule has 1 amide bonds. The number of nitrogens with one attached hydrogen (secondary N) is 1. The van der Waals surface area contributed by atoms with Crippen molar-refractivity contribution in [1.82, 2.24) is 10.3 Å². The van der Waals surface area contributed by atoms with Crippen LogP contribution in [0.4, 0.5) is 4.79 Å². The zero-order valence-electron chi connectivity index (χ0n) is 16.9. The topological polar surface area (TPSA) is 51.2 Å². The van der Waals surface area contributed by atoms with Crippen LogP contribution in [0.2, 0.25) is 0 Å². The van der Waals surface area contributed by atoms with Gasteiger partial charge in [-0.25, -0.2) is 9.78 Å². The van der Waals surface area contributed by atoms with E-state index < -0.39 is 11.7 Å². The molecule has 0 spiro atoms. The van der Waals surface area contributed by atoms with Crippen LogP contribution in [0.1, 0.15) is 25.8 Å². The second-order valence-electron chi connectivity index (χ2n) is 7.26. The fourth-order valence-electron chi connectivity index (χ4n) is 2.56. The van der Waals surface area contributed by atoms with Gasteiger partial charge in [0.2, 0.25) is 0 Å². The van der Waals surface area contributed by atoms with Crippen molar-refractivity contribution in [2.45, 2.75) is 46.9 Å². The second kappa shape index (κ2) is 9.69. The zero-order valence-corrected chi connectivity index (χ0v) is 19.3.